The molecule has 0 radical (unpaired) electrons. The number of nitrogens with zero attached hydrogens (tertiary/aromatic N) is 3. The van der Waals surface area contributed by atoms with Crippen LogP contribution in [0.5, 0.6) is 0 Å². The van der Waals surface area contributed by atoms with Gasteiger partial charge in [-0.1, -0.05) is 0 Å². The minimum absolute atomic E-state index is 0.152. The Morgan fingerprint density at radius 1 is 1.00 bits per heavy atom. The molecule has 1 aromatic heterocycles. The first kappa shape index (κ1) is 16.2. The molecule has 0 aliphatic carbocycles. The molecule has 2 aromatic rings. The van der Waals surface area contributed by atoms with Crippen molar-refractivity contribution in [3.05, 3.63) is 47.7 Å². The summed E-state index contributed by atoms with van der Waals surface area (Å²) < 4.78 is 37.5. The Hall–Kier alpha value is -2.64. The van der Waals surface area contributed by atoms with Crippen LogP contribution in [0.25, 0.3) is 0 Å². The molecule has 24 heavy (non-hydrogen) atoms. The van der Waals surface area contributed by atoms with Crippen molar-refractivity contribution in [3.8, 4) is 0 Å². The summed E-state index contributed by atoms with van der Waals surface area (Å²) in [6, 6.07) is 7.73. The number of carbonyl (C=O) groups is 1. The summed E-state index contributed by atoms with van der Waals surface area (Å²) in [5, 5.41) is 10.7. The topological polar surface area (TPSA) is 58.1 Å². The molecule has 1 aromatic carbocycles. The van der Waals surface area contributed by atoms with Gasteiger partial charge in [0, 0.05) is 18.8 Å². The van der Waals surface area contributed by atoms with E-state index in [9.17, 15) is 18.0 Å². The van der Waals surface area contributed by atoms with Crippen molar-refractivity contribution in [2.75, 3.05) is 18.4 Å². The van der Waals surface area contributed by atoms with E-state index < -0.39 is 11.7 Å². The van der Waals surface area contributed by atoms with Crippen LogP contribution in [0.4, 0.5) is 24.7 Å². The highest BCUT2D eigenvalue weighted by Gasteiger charge is 2.29. The van der Waals surface area contributed by atoms with Crippen molar-refractivity contribution in [1.82, 2.24) is 15.1 Å². The van der Waals surface area contributed by atoms with Gasteiger partial charge in [-0.3, -0.25) is 4.79 Å². The second kappa shape index (κ2) is 6.46. The molecule has 8 heteroatoms. The molecule has 1 saturated heterocycles. The average Bonchev–Trinajstić information content (AvgIpc) is 3.09. The number of hydrogen-bond donors (Lipinski definition) is 1. The minimum Gasteiger partial charge on any atom is -0.339 e. The summed E-state index contributed by atoms with van der Waals surface area (Å²) in [5.41, 5.74) is -0.00326. The van der Waals surface area contributed by atoms with Crippen molar-refractivity contribution in [2.24, 2.45) is 0 Å². The largest absolute Gasteiger partial charge is 0.416 e. The first-order valence-corrected chi connectivity index (χ1v) is 7.51. The summed E-state index contributed by atoms with van der Waals surface area (Å²) in [6.07, 6.45) is -2.38. The Kier molecular flexibility index (Phi) is 4.37. The third-order valence-electron chi connectivity index (χ3n) is 3.76. The second-order valence-corrected chi connectivity index (χ2v) is 5.50. The van der Waals surface area contributed by atoms with Gasteiger partial charge in [0.25, 0.3) is 5.91 Å². The maximum Gasteiger partial charge on any atom is 0.416 e. The molecule has 0 unspecified atom stereocenters. The molecule has 0 spiro atoms. The third kappa shape index (κ3) is 3.64. The molecule has 1 fully saturated rings. The van der Waals surface area contributed by atoms with Crippen molar-refractivity contribution in [1.29, 1.82) is 0 Å². The van der Waals surface area contributed by atoms with E-state index in [1.54, 1.807) is 17.0 Å². The molecule has 1 aliphatic rings. The minimum atomic E-state index is -4.37. The maximum absolute atomic E-state index is 12.5. The number of aromatic nitrogens is 2. The number of amides is 1. The highest BCUT2D eigenvalue weighted by molar-refractivity contribution is 5.92. The molecule has 0 saturated carbocycles. The monoisotopic (exact) mass is 336 g/mol. The Bertz CT molecular complexity index is 708. The van der Waals surface area contributed by atoms with Crippen LogP contribution in [0.1, 0.15) is 28.9 Å². The molecule has 126 valence electrons. The van der Waals surface area contributed by atoms with E-state index in [0.717, 1.165) is 38.1 Å². The number of carbonyl (C=O) groups excluding carboxylic acids is 1. The van der Waals surface area contributed by atoms with Crippen LogP contribution in [-0.4, -0.2) is 34.1 Å². The maximum atomic E-state index is 12.5. The molecule has 1 N–H and O–H groups in total. The van der Waals surface area contributed by atoms with E-state index in [4.69, 9.17) is 0 Å². The zero-order valence-electron chi connectivity index (χ0n) is 12.7. The highest BCUT2D eigenvalue weighted by atomic mass is 19.4. The van der Waals surface area contributed by atoms with Gasteiger partial charge < -0.3 is 10.2 Å². The van der Waals surface area contributed by atoms with Gasteiger partial charge in [-0.05, 0) is 49.2 Å². The standard InChI is InChI=1S/C16H15F3N4O/c17-16(18,19)11-3-5-12(6-4-11)20-14-8-7-13(21-22-14)15(24)23-9-1-2-10-23/h3-8H,1-2,9-10H2,(H,20,22). The zero-order valence-corrected chi connectivity index (χ0v) is 12.7. The SMILES string of the molecule is O=C(c1ccc(Nc2ccc(C(F)(F)F)cc2)nn1)N1CCCC1. The van der Waals surface area contributed by atoms with Crippen molar-refractivity contribution in [2.45, 2.75) is 19.0 Å². The lowest BCUT2D eigenvalue weighted by molar-refractivity contribution is -0.137. The normalized spacial score (nSPS) is 14.7. The van der Waals surface area contributed by atoms with Crippen LogP contribution in [-0.2, 0) is 6.18 Å². The van der Waals surface area contributed by atoms with Crippen molar-refractivity contribution >= 4 is 17.4 Å². The summed E-state index contributed by atoms with van der Waals surface area (Å²) >= 11 is 0. The number of hydrogen-bond acceptors (Lipinski definition) is 4. The lowest BCUT2D eigenvalue weighted by Crippen LogP contribution is -2.28. The van der Waals surface area contributed by atoms with E-state index >= 15 is 0 Å². The molecule has 5 nitrogen and oxygen atoms in total. The van der Waals surface area contributed by atoms with Gasteiger partial charge in [-0.25, -0.2) is 0 Å². The Morgan fingerprint density at radius 3 is 2.21 bits per heavy atom. The fourth-order valence-electron chi connectivity index (χ4n) is 2.49. The van der Waals surface area contributed by atoms with Crippen LogP contribution in [0.2, 0.25) is 0 Å². The Morgan fingerprint density at radius 2 is 1.67 bits per heavy atom. The number of anilines is 2. The van der Waals surface area contributed by atoms with Crippen LogP contribution in [0.15, 0.2) is 36.4 Å². The van der Waals surface area contributed by atoms with Crippen molar-refractivity contribution in [3.63, 3.8) is 0 Å². The molecule has 0 bridgehead atoms. The van der Waals surface area contributed by atoms with Crippen LogP contribution in [0, 0.1) is 0 Å². The van der Waals surface area contributed by atoms with Gasteiger partial charge >= 0.3 is 6.18 Å². The van der Waals surface area contributed by atoms with Crippen LogP contribution < -0.4 is 5.32 Å². The molecule has 2 heterocycles. The lowest BCUT2D eigenvalue weighted by Gasteiger charge is -2.14. The van der Waals surface area contributed by atoms with Gasteiger partial charge in [0.2, 0.25) is 0 Å². The number of halogens is 3. The predicted molar refractivity (Wildman–Crippen MR) is 81.9 cm³/mol. The summed E-state index contributed by atoms with van der Waals surface area (Å²) in [5.74, 6) is 0.203. The van der Waals surface area contributed by atoms with Gasteiger partial charge in [0.05, 0.1) is 5.56 Å². The molecule has 1 aliphatic heterocycles. The molecular formula is C16H15F3N4O. The van der Waals surface area contributed by atoms with Crippen molar-refractivity contribution < 1.29 is 18.0 Å². The first-order chi connectivity index (χ1) is 11.4. The molecule has 0 atom stereocenters. The third-order valence-corrected chi connectivity index (χ3v) is 3.76. The second-order valence-electron chi connectivity index (χ2n) is 5.50. The van der Waals surface area contributed by atoms with Crippen LogP contribution >= 0.6 is 0 Å². The number of benzene rings is 1. The molecule has 1 amide bonds. The van der Waals surface area contributed by atoms with Gasteiger partial charge in [-0.15, -0.1) is 10.2 Å². The fraction of sp³-hybridized carbons (Fsp3) is 0.312. The number of likely N-dealkylation sites (tertiary alicyclic amines) is 1. The Balaban J connectivity index is 1.66. The Labute approximate surface area is 136 Å². The molecule has 3 rings (SSSR count). The van der Waals surface area contributed by atoms with E-state index in [2.05, 4.69) is 15.5 Å². The average molecular weight is 336 g/mol. The number of nitrogens with one attached hydrogen (secondary N) is 1. The van der Waals surface area contributed by atoms with Gasteiger partial charge in [-0.2, -0.15) is 13.2 Å². The smallest absolute Gasteiger partial charge is 0.339 e. The summed E-state index contributed by atoms with van der Waals surface area (Å²) in [4.78, 5) is 13.9. The van der Waals surface area contributed by atoms with Crippen LogP contribution in [0.3, 0.4) is 0 Å². The number of rotatable bonds is 3. The molecular weight excluding hydrogens is 321 g/mol. The van der Waals surface area contributed by atoms with E-state index in [-0.39, 0.29) is 11.6 Å². The van der Waals surface area contributed by atoms with Gasteiger partial charge in [0.15, 0.2) is 11.5 Å². The summed E-state index contributed by atoms with van der Waals surface area (Å²) in [7, 11) is 0. The van der Waals surface area contributed by atoms with Gasteiger partial charge in [0.1, 0.15) is 0 Å². The lowest BCUT2D eigenvalue weighted by atomic mass is 10.2. The predicted octanol–water partition coefficient (Wildman–Crippen LogP) is 3.48. The van der Waals surface area contributed by atoms with E-state index in [1.165, 1.54) is 12.1 Å². The van der Waals surface area contributed by atoms with E-state index in [1.807, 2.05) is 0 Å². The highest BCUT2D eigenvalue weighted by Crippen LogP contribution is 2.30. The quantitative estimate of drug-likeness (QED) is 0.932. The van der Waals surface area contributed by atoms with E-state index in [0.29, 0.717) is 11.5 Å². The fourth-order valence-corrected chi connectivity index (χ4v) is 2.49. The number of alkyl halides is 3. The first-order valence-electron chi connectivity index (χ1n) is 7.51. The zero-order chi connectivity index (χ0) is 17.2. The summed E-state index contributed by atoms with van der Waals surface area (Å²) in [6.45, 7) is 1.46.